The summed E-state index contributed by atoms with van der Waals surface area (Å²) in [5, 5.41) is 15.3. The molecule has 7 heteroatoms. The molecule has 0 saturated heterocycles. The molecule has 0 fully saturated rings. The van der Waals surface area contributed by atoms with Crippen molar-refractivity contribution in [3.8, 4) is 0 Å². The van der Waals surface area contributed by atoms with E-state index < -0.39 is 23.2 Å². The van der Waals surface area contributed by atoms with Crippen LogP contribution in [0.25, 0.3) is 0 Å². The molecule has 0 aliphatic rings. The lowest BCUT2D eigenvalue weighted by Gasteiger charge is -2.34. The molecule has 0 aliphatic carbocycles. The van der Waals surface area contributed by atoms with Crippen LogP contribution in [0.2, 0.25) is 0 Å². The van der Waals surface area contributed by atoms with Gasteiger partial charge < -0.3 is 5.11 Å². The fraction of sp³-hybridized carbons (Fsp3) is 0.235. The fourth-order valence-electron chi connectivity index (χ4n) is 2.73. The lowest BCUT2D eigenvalue weighted by molar-refractivity contribution is -0.0123. The average Bonchev–Trinajstić information content (AvgIpc) is 3.07. The largest absolute Gasteiger partial charge is 0.382 e. The molecule has 0 radical (unpaired) electrons. The number of hydrogen-bond donors (Lipinski definition) is 1. The minimum absolute atomic E-state index is 0.0162. The van der Waals surface area contributed by atoms with Crippen LogP contribution in [0.15, 0.2) is 55.2 Å². The third-order valence-corrected chi connectivity index (χ3v) is 4.11. The van der Waals surface area contributed by atoms with Gasteiger partial charge in [-0.25, -0.2) is 18.4 Å². The molecular weight excluding hydrogens is 314 g/mol. The van der Waals surface area contributed by atoms with Crippen molar-refractivity contribution in [1.29, 1.82) is 0 Å². The van der Waals surface area contributed by atoms with Crippen molar-refractivity contribution in [2.75, 3.05) is 0 Å². The maximum atomic E-state index is 14.4. The Morgan fingerprint density at radius 1 is 1.25 bits per heavy atom. The molecule has 0 saturated carbocycles. The van der Waals surface area contributed by atoms with Crippen LogP contribution in [-0.4, -0.2) is 24.9 Å². The van der Waals surface area contributed by atoms with Crippen LogP contribution in [0.5, 0.6) is 0 Å². The third kappa shape index (κ3) is 3.03. The highest BCUT2D eigenvalue weighted by Crippen LogP contribution is 2.38. The fourth-order valence-corrected chi connectivity index (χ4v) is 2.73. The van der Waals surface area contributed by atoms with E-state index in [0.29, 0.717) is 5.69 Å². The molecule has 124 valence electrons. The zero-order valence-corrected chi connectivity index (χ0v) is 13.0. The van der Waals surface area contributed by atoms with Crippen molar-refractivity contribution in [3.63, 3.8) is 0 Å². The van der Waals surface area contributed by atoms with Crippen molar-refractivity contribution < 1.29 is 13.9 Å². The highest BCUT2D eigenvalue weighted by Gasteiger charge is 2.40. The molecule has 24 heavy (non-hydrogen) atoms. The maximum Gasteiger partial charge on any atom is 0.137 e. The second-order valence-corrected chi connectivity index (χ2v) is 5.62. The van der Waals surface area contributed by atoms with Crippen molar-refractivity contribution in [2.45, 2.75) is 25.0 Å². The Morgan fingerprint density at radius 2 is 2.08 bits per heavy atom. The van der Waals surface area contributed by atoms with Gasteiger partial charge >= 0.3 is 0 Å². The van der Waals surface area contributed by atoms with E-state index >= 15 is 0 Å². The summed E-state index contributed by atoms with van der Waals surface area (Å²) in [6, 6.07) is 8.42. The minimum Gasteiger partial charge on any atom is -0.382 e. The summed E-state index contributed by atoms with van der Waals surface area (Å²) in [6.45, 7) is 1.69. The highest BCUT2D eigenvalue weighted by molar-refractivity contribution is 5.30. The topological polar surface area (TPSA) is 63.8 Å². The van der Waals surface area contributed by atoms with Gasteiger partial charge in [0.05, 0.1) is 6.54 Å². The average molecular weight is 330 g/mol. The molecule has 0 bridgehead atoms. The summed E-state index contributed by atoms with van der Waals surface area (Å²) in [5.74, 6) is -2.09. The van der Waals surface area contributed by atoms with Crippen molar-refractivity contribution in [3.05, 3.63) is 78.1 Å². The number of rotatable bonds is 5. The quantitative estimate of drug-likeness (QED) is 0.781. The van der Waals surface area contributed by atoms with E-state index in [0.717, 1.165) is 12.1 Å². The van der Waals surface area contributed by atoms with Crippen molar-refractivity contribution >= 4 is 0 Å². The van der Waals surface area contributed by atoms with Crippen LogP contribution in [0.3, 0.4) is 0 Å². The Labute approximate surface area is 137 Å². The maximum absolute atomic E-state index is 14.4. The lowest BCUT2D eigenvalue weighted by Crippen LogP contribution is -2.38. The summed E-state index contributed by atoms with van der Waals surface area (Å²) < 4.78 is 29.1. The first-order chi connectivity index (χ1) is 11.5. The second-order valence-electron chi connectivity index (χ2n) is 5.62. The highest BCUT2D eigenvalue weighted by atomic mass is 19.1. The van der Waals surface area contributed by atoms with Crippen LogP contribution in [0.1, 0.15) is 24.1 Å². The van der Waals surface area contributed by atoms with Gasteiger partial charge in [-0.3, -0.25) is 4.98 Å². The first kappa shape index (κ1) is 16.2. The number of halogens is 2. The minimum atomic E-state index is -1.68. The van der Waals surface area contributed by atoms with Crippen LogP contribution in [0.4, 0.5) is 8.78 Å². The van der Waals surface area contributed by atoms with Crippen molar-refractivity contribution in [1.82, 2.24) is 19.7 Å². The van der Waals surface area contributed by atoms with E-state index in [2.05, 4.69) is 15.1 Å². The summed E-state index contributed by atoms with van der Waals surface area (Å²) in [7, 11) is 0. The molecule has 2 heterocycles. The summed E-state index contributed by atoms with van der Waals surface area (Å²) in [6.07, 6.45) is 4.35. The van der Waals surface area contributed by atoms with Gasteiger partial charge in [-0.2, -0.15) is 5.10 Å². The van der Waals surface area contributed by atoms with E-state index in [-0.39, 0.29) is 12.1 Å². The number of benzene rings is 1. The summed E-state index contributed by atoms with van der Waals surface area (Å²) >= 11 is 0. The zero-order valence-electron chi connectivity index (χ0n) is 13.0. The Balaban J connectivity index is 2.09. The van der Waals surface area contributed by atoms with Gasteiger partial charge in [-0.15, -0.1) is 0 Å². The lowest BCUT2D eigenvalue weighted by atomic mass is 9.79. The van der Waals surface area contributed by atoms with Gasteiger partial charge in [0.1, 0.15) is 29.9 Å². The molecule has 2 atom stereocenters. The zero-order chi connectivity index (χ0) is 17.2. The summed E-state index contributed by atoms with van der Waals surface area (Å²) in [5.41, 5.74) is -1.11. The molecule has 0 spiro atoms. The standard InChI is InChI=1S/C17H16F2N4O/c1-12(16-4-2-3-7-21-16)17(24,9-23-11-20-10-22-23)14-6-5-13(18)8-15(14)19/h2-8,10-12,24H,9H2,1H3. The van der Waals surface area contributed by atoms with E-state index in [9.17, 15) is 13.9 Å². The van der Waals surface area contributed by atoms with Gasteiger partial charge in [0.25, 0.3) is 0 Å². The number of aromatic nitrogens is 4. The Kier molecular flexibility index (Phi) is 4.35. The first-order valence-electron chi connectivity index (χ1n) is 7.42. The van der Waals surface area contributed by atoms with Crippen LogP contribution < -0.4 is 0 Å². The van der Waals surface area contributed by atoms with E-state index in [1.807, 2.05) is 0 Å². The number of hydrogen-bond acceptors (Lipinski definition) is 4. The van der Waals surface area contributed by atoms with E-state index in [1.165, 1.54) is 23.4 Å². The molecular formula is C17H16F2N4O. The molecule has 1 N–H and O–H groups in total. The molecule has 3 rings (SSSR count). The Hall–Kier alpha value is -2.67. The number of nitrogens with zero attached hydrogens (tertiary/aromatic N) is 4. The predicted molar refractivity (Wildman–Crippen MR) is 82.9 cm³/mol. The normalized spacial score (nSPS) is 15.0. The van der Waals surface area contributed by atoms with Crippen LogP contribution in [0, 0.1) is 11.6 Å². The van der Waals surface area contributed by atoms with Crippen molar-refractivity contribution in [2.24, 2.45) is 0 Å². The van der Waals surface area contributed by atoms with Gasteiger partial charge in [0, 0.05) is 29.4 Å². The molecule has 3 aromatic rings. The van der Waals surface area contributed by atoms with E-state index in [4.69, 9.17) is 0 Å². The third-order valence-electron chi connectivity index (χ3n) is 4.11. The first-order valence-corrected chi connectivity index (χ1v) is 7.42. The smallest absolute Gasteiger partial charge is 0.137 e. The van der Waals surface area contributed by atoms with Crippen LogP contribution in [-0.2, 0) is 12.1 Å². The molecule has 0 aliphatic heterocycles. The molecule has 1 aromatic carbocycles. The Bertz CT molecular complexity index is 811. The van der Waals surface area contributed by atoms with Crippen LogP contribution >= 0.6 is 0 Å². The molecule has 2 unspecified atom stereocenters. The van der Waals surface area contributed by atoms with E-state index in [1.54, 1.807) is 31.3 Å². The number of pyridine rings is 1. The summed E-state index contributed by atoms with van der Waals surface area (Å²) in [4.78, 5) is 8.08. The Morgan fingerprint density at radius 3 is 2.71 bits per heavy atom. The van der Waals surface area contributed by atoms with Gasteiger partial charge in [-0.1, -0.05) is 19.1 Å². The SMILES string of the molecule is CC(c1ccccn1)C(O)(Cn1cncn1)c1ccc(F)cc1F. The number of aliphatic hydroxyl groups is 1. The van der Waals surface area contributed by atoms with Gasteiger partial charge in [0.2, 0.25) is 0 Å². The molecule has 2 aromatic heterocycles. The molecule has 5 nitrogen and oxygen atoms in total. The monoisotopic (exact) mass is 330 g/mol. The van der Waals surface area contributed by atoms with Gasteiger partial charge in [-0.05, 0) is 18.2 Å². The molecule has 0 amide bonds. The predicted octanol–water partition coefficient (Wildman–Crippen LogP) is 2.64. The van der Waals surface area contributed by atoms with Gasteiger partial charge in [0.15, 0.2) is 0 Å². The second kappa shape index (κ2) is 6.45.